The smallest absolute Gasteiger partial charge is 0.266 e. The maximum absolute atomic E-state index is 11.9. The first-order chi connectivity index (χ1) is 9.45. The van der Waals surface area contributed by atoms with Gasteiger partial charge in [-0.1, -0.05) is 53.5 Å². The maximum Gasteiger partial charge on any atom is 0.266 e. The lowest BCUT2D eigenvalue weighted by Crippen LogP contribution is -2.43. The van der Waals surface area contributed by atoms with E-state index < -0.39 is 11.5 Å². The van der Waals surface area contributed by atoms with Crippen LogP contribution in [0.5, 0.6) is 5.75 Å². The van der Waals surface area contributed by atoms with Crippen LogP contribution >= 0.6 is 23.2 Å². The summed E-state index contributed by atoms with van der Waals surface area (Å²) in [5.74, 6) is -0.129. The lowest BCUT2D eigenvalue weighted by molar-refractivity contribution is -0.132. The highest BCUT2D eigenvalue weighted by Gasteiger charge is 2.38. The van der Waals surface area contributed by atoms with Gasteiger partial charge in [0.2, 0.25) is 5.60 Å². The van der Waals surface area contributed by atoms with E-state index in [1.54, 1.807) is 49.4 Å². The van der Waals surface area contributed by atoms with E-state index in [-0.39, 0.29) is 5.02 Å². The Morgan fingerprint density at radius 1 is 1.10 bits per heavy atom. The molecule has 1 amide bonds. The van der Waals surface area contributed by atoms with Crippen molar-refractivity contribution in [3.63, 3.8) is 0 Å². The zero-order valence-electron chi connectivity index (χ0n) is 10.8. The molecule has 2 N–H and O–H groups in total. The first-order valence-electron chi connectivity index (χ1n) is 5.93. The van der Waals surface area contributed by atoms with Gasteiger partial charge in [0.25, 0.3) is 5.91 Å². The Bertz CT molecular complexity index is 631. The number of halogens is 2. The second-order valence-electron chi connectivity index (χ2n) is 4.41. The number of hydrogen-bond acceptors (Lipinski definition) is 2. The molecule has 2 rings (SSSR count). The second-order valence-corrected chi connectivity index (χ2v) is 5.20. The van der Waals surface area contributed by atoms with Gasteiger partial charge in [-0.15, -0.1) is 0 Å². The Kier molecular flexibility index (Phi) is 4.21. The van der Waals surface area contributed by atoms with Crippen LogP contribution < -0.4 is 10.5 Å². The summed E-state index contributed by atoms with van der Waals surface area (Å²) < 4.78 is 5.77. The summed E-state index contributed by atoms with van der Waals surface area (Å²) in [6.07, 6.45) is 0. The number of ether oxygens (including phenoxy) is 1. The third kappa shape index (κ3) is 2.74. The van der Waals surface area contributed by atoms with Crippen molar-refractivity contribution in [3.8, 4) is 5.75 Å². The summed E-state index contributed by atoms with van der Waals surface area (Å²) >= 11 is 12.2. The van der Waals surface area contributed by atoms with Crippen LogP contribution in [0.3, 0.4) is 0 Å². The molecule has 3 nitrogen and oxygen atoms in total. The quantitative estimate of drug-likeness (QED) is 0.934. The number of hydrogen-bond donors (Lipinski definition) is 1. The molecule has 0 fully saturated rings. The highest BCUT2D eigenvalue weighted by atomic mass is 35.5. The average Bonchev–Trinajstić information content (AvgIpc) is 2.42. The fourth-order valence-electron chi connectivity index (χ4n) is 1.83. The molecule has 0 spiro atoms. The van der Waals surface area contributed by atoms with Gasteiger partial charge in [-0.2, -0.15) is 0 Å². The molecule has 104 valence electrons. The van der Waals surface area contributed by atoms with Gasteiger partial charge in [0.05, 0.1) is 10.0 Å². The highest BCUT2D eigenvalue weighted by molar-refractivity contribution is 6.42. The average molecular weight is 310 g/mol. The van der Waals surface area contributed by atoms with E-state index in [4.69, 9.17) is 33.7 Å². The minimum atomic E-state index is -1.40. The van der Waals surface area contributed by atoms with Crippen LogP contribution in [0.15, 0.2) is 48.5 Å². The molecule has 1 atom stereocenters. The van der Waals surface area contributed by atoms with Crippen LogP contribution in [-0.4, -0.2) is 5.91 Å². The Balaban J connectivity index is 2.50. The molecule has 2 aromatic carbocycles. The Labute approximate surface area is 127 Å². The zero-order chi connectivity index (χ0) is 14.8. The number of rotatable bonds is 4. The van der Waals surface area contributed by atoms with Gasteiger partial charge < -0.3 is 10.5 Å². The van der Waals surface area contributed by atoms with Crippen LogP contribution in [0, 0.1) is 0 Å². The third-order valence-corrected chi connectivity index (χ3v) is 3.82. The molecule has 0 radical (unpaired) electrons. The van der Waals surface area contributed by atoms with Crippen LogP contribution in [0.2, 0.25) is 10.0 Å². The summed E-state index contributed by atoms with van der Waals surface area (Å²) in [6, 6.07) is 13.9. The van der Waals surface area contributed by atoms with Crippen molar-refractivity contribution in [1.29, 1.82) is 0 Å². The maximum atomic E-state index is 11.9. The molecule has 0 saturated heterocycles. The predicted octanol–water partition coefficient (Wildman–Crippen LogP) is 3.77. The molecule has 0 aromatic heterocycles. The van der Waals surface area contributed by atoms with E-state index >= 15 is 0 Å². The number of nitrogens with two attached hydrogens (primary N) is 1. The van der Waals surface area contributed by atoms with Gasteiger partial charge in [0.1, 0.15) is 5.75 Å². The van der Waals surface area contributed by atoms with Gasteiger partial charge in [0.15, 0.2) is 0 Å². The van der Waals surface area contributed by atoms with Gasteiger partial charge in [-0.05, 0) is 25.1 Å². The van der Waals surface area contributed by atoms with Crippen molar-refractivity contribution in [1.82, 2.24) is 0 Å². The summed E-state index contributed by atoms with van der Waals surface area (Å²) in [4.78, 5) is 11.9. The lowest BCUT2D eigenvalue weighted by Gasteiger charge is -2.29. The molecular weight excluding hydrogens is 297 g/mol. The van der Waals surface area contributed by atoms with Gasteiger partial charge in [-0.25, -0.2) is 0 Å². The van der Waals surface area contributed by atoms with Crippen LogP contribution in [0.4, 0.5) is 0 Å². The molecule has 20 heavy (non-hydrogen) atoms. The molecular formula is C15H13Cl2NO2. The van der Waals surface area contributed by atoms with Crippen molar-refractivity contribution in [2.24, 2.45) is 5.73 Å². The van der Waals surface area contributed by atoms with Gasteiger partial charge in [-0.3, -0.25) is 4.79 Å². The number of primary amides is 1. The monoisotopic (exact) mass is 309 g/mol. The topological polar surface area (TPSA) is 52.3 Å². The van der Waals surface area contributed by atoms with E-state index in [0.29, 0.717) is 16.3 Å². The molecule has 5 heteroatoms. The number of benzene rings is 2. The number of carbonyl (C=O) groups is 1. The van der Waals surface area contributed by atoms with Crippen LogP contribution in [0.1, 0.15) is 12.5 Å². The minimum Gasteiger partial charge on any atom is -0.473 e. The molecule has 0 aliphatic rings. The summed E-state index contributed by atoms with van der Waals surface area (Å²) in [5.41, 5.74) is 4.54. The normalized spacial score (nSPS) is 13.6. The van der Waals surface area contributed by atoms with Gasteiger partial charge in [0, 0.05) is 5.56 Å². The van der Waals surface area contributed by atoms with Crippen molar-refractivity contribution in [2.45, 2.75) is 12.5 Å². The largest absolute Gasteiger partial charge is 0.473 e. The summed E-state index contributed by atoms with van der Waals surface area (Å²) in [5, 5.41) is 0.597. The minimum absolute atomic E-state index is 0.256. The van der Waals surface area contributed by atoms with Gasteiger partial charge >= 0.3 is 0 Å². The van der Waals surface area contributed by atoms with E-state index in [0.717, 1.165) is 0 Å². The van der Waals surface area contributed by atoms with Crippen LogP contribution in [0.25, 0.3) is 0 Å². The molecule has 0 saturated carbocycles. The molecule has 0 aliphatic heterocycles. The molecule has 0 aliphatic carbocycles. The third-order valence-electron chi connectivity index (χ3n) is 3.00. The first kappa shape index (κ1) is 14.7. The number of carbonyl (C=O) groups excluding carboxylic acids is 1. The number of para-hydroxylation sites is 1. The lowest BCUT2D eigenvalue weighted by atomic mass is 9.94. The second kappa shape index (κ2) is 5.73. The molecule has 0 heterocycles. The predicted molar refractivity (Wildman–Crippen MR) is 80.1 cm³/mol. The Hall–Kier alpha value is -1.71. The Morgan fingerprint density at radius 3 is 2.35 bits per heavy atom. The van der Waals surface area contributed by atoms with Crippen molar-refractivity contribution in [2.75, 3.05) is 0 Å². The molecule has 0 bridgehead atoms. The van der Waals surface area contributed by atoms with E-state index in [1.807, 2.05) is 6.07 Å². The number of amides is 1. The van der Waals surface area contributed by atoms with E-state index in [2.05, 4.69) is 0 Å². The van der Waals surface area contributed by atoms with Crippen molar-refractivity contribution >= 4 is 29.1 Å². The summed E-state index contributed by atoms with van der Waals surface area (Å²) in [7, 11) is 0. The fraction of sp³-hybridized carbons (Fsp3) is 0.133. The molecule has 2 aromatic rings. The highest BCUT2D eigenvalue weighted by Crippen LogP contribution is 2.36. The van der Waals surface area contributed by atoms with E-state index in [1.165, 1.54) is 0 Å². The van der Waals surface area contributed by atoms with Crippen LogP contribution in [-0.2, 0) is 10.4 Å². The zero-order valence-corrected chi connectivity index (χ0v) is 12.3. The summed E-state index contributed by atoms with van der Waals surface area (Å²) in [6.45, 7) is 1.57. The van der Waals surface area contributed by atoms with Crippen molar-refractivity contribution in [3.05, 3.63) is 64.1 Å². The Morgan fingerprint density at radius 2 is 1.75 bits per heavy atom. The van der Waals surface area contributed by atoms with Crippen molar-refractivity contribution < 1.29 is 9.53 Å². The first-order valence-corrected chi connectivity index (χ1v) is 6.69. The standard InChI is InChI=1S/C15H13Cl2NO2/c1-15(14(18)19,20-10-6-3-2-4-7-10)11-8-5-9-12(16)13(11)17/h2-9H,1H3,(H2,18,19). The SMILES string of the molecule is CC(Oc1ccccc1)(C(N)=O)c1cccc(Cl)c1Cl. The van der Waals surface area contributed by atoms with E-state index in [9.17, 15) is 4.79 Å². The molecule has 1 unspecified atom stereocenters. The fourth-order valence-corrected chi connectivity index (χ4v) is 2.32.